The summed E-state index contributed by atoms with van der Waals surface area (Å²) < 4.78 is 39.5. The van der Waals surface area contributed by atoms with Crippen molar-refractivity contribution in [3.05, 3.63) is 72.8 Å². The van der Waals surface area contributed by atoms with Crippen LogP contribution in [-0.4, -0.2) is 40.2 Å². The van der Waals surface area contributed by atoms with Crippen molar-refractivity contribution in [3.8, 4) is 11.5 Å². The van der Waals surface area contributed by atoms with Gasteiger partial charge in [-0.25, -0.2) is 8.42 Å². The first-order valence-electron chi connectivity index (χ1n) is 10.3. The number of hydrogen-bond acceptors (Lipinski definition) is 6. The molecule has 8 heteroatoms. The highest BCUT2D eigenvalue weighted by molar-refractivity contribution is 8.00. The Bertz CT molecular complexity index is 1140. The lowest BCUT2D eigenvalue weighted by Crippen LogP contribution is -2.35. The minimum absolute atomic E-state index is 0.298. The van der Waals surface area contributed by atoms with Crippen LogP contribution in [0, 0.1) is 0 Å². The normalized spacial score (nSPS) is 13.5. The molecule has 0 aliphatic carbocycles. The van der Waals surface area contributed by atoms with E-state index in [1.54, 1.807) is 47.8 Å². The molecule has 0 spiro atoms. The molecule has 0 aromatic heterocycles. The van der Waals surface area contributed by atoms with Gasteiger partial charge in [0.15, 0.2) is 0 Å². The first-order valence-corrected chi connectivity index (χ1v) is 14.0. The third kappa shape index (κ3) is 5.36. The summed E-state index contributed by atoms with van der Waals surface area (Å²) in [7, 11) is -3.61. The quantitative estimate of drug-likeness (QED) is 0.291. The fourth-order valence-electron chi connectivity index (χ4n) is 3.34. The lowest BCUT2D eigenvalue weighted by atomic mass is 10.3. The van der Waals surface area contributed by atoms with E-state index in [9.17, 15) is 8.42 Å². The Morgan fingerprint density at radius 1 is 0.938 bits per heavy atom. The SMILES string of the molecule is CSc1ccc(OCCCOc2ccc3c(c2)N(S(=O)(=O)c2ccccc2)CCS3)cc1. The van der Waals surface area contributed by atoms with E-state index in [-0.39, 0.29) is 0 Å². The first-order chi connectivity index (χ1) is 15.6. The Hall–Kier alpha value is -2.29. The maximum atomic E-state index is 13.2. The van der Waals surface area contributed by atoms with Crippen LogP contribution in [-0.2, 0) is 10.0 Å². The van der Waals surface area contributed by atoms with Gasteiger partial charge in [-0.1, -0.05) is 18.2 Å². The van der Waals surface area contributed by atoms with E-state index >= 15 is 0 Å². The predicted molar refractivity (Wildman–Crippen MR) is 132 cm³/mol. The van der Waals surface area contributed by atoms with Gasteiger partial charge < -0.3 is 9.47 Å². The summed E-state index contributed by atoms with van der Waals surface area (Å²) in [5, 5.41) is 0. The van der Waals surface area contributed by atoms with Crippen LogP contribution in [0.2, 0.25) is 0 Å². The number of benzene rings is 3. The van der Waals surface area contributed by atoms with Crippen molar-refractivity contribution in [3.63, 3.8) is 0 Å². The standard InChI is InChI=1S/C24H25NO4S3/c1-30-21-11-8-19(9-12-21)28-15-5-16-29-20-10-13-24-23(18-20)25(14-17-31-24)32(26,27)22-6-3-2-4-7-22/h2-4,6-13,18H,5,14-17H2,1H3. The van der Waals surface area contributed by atoms with Crippen molar-refractivity contribution in [2.24, 2.45) is 0 Å². The van der Waals surface area contributed by atoms with Gasteiger partial charge in [0, 0.05) is 34.6 Å². The van der Waals surface area contributed by atoms with Crippen molar-refractivity contribution in [1.29, 1.82) is 0 Å². The fourth-order valence-corrected chi connectivity index (χ4v) is 6.40. The highest BCUT2D eigenvalue weighted by atomic mass is 32.2. The van der Waals surface area contributed by atoms with Crippen LogP contribution in [0.3, 0.4) is 0 Å². The second kappa shape index (κ2) is 10.6. The molecular formula is C24H25NO4S3. The Morgan fingerprint density at radius 2 is 1.62 bits per heavy atom. The van der Waals surface area contributed by atoms with E-state index in [4.69, 9.17) is 9.47 Å². The van der Waals surface area contributed by atoms with Crippen LogP contribution in [0.1, 0.15) is 6.42 Å². The molecule has 1 heterocycles. The lowest BCUT2D eigenvalue weighted by Gasteiger charge is -2.30. The first kappa shape index (κ1) is 22.9. The van der Waals surface area contributed by atoms with E-state index < -0.39 is 10.0 Å². The van der Waals surface area contributed by atoms with Crippen LogP contribution in [0.5, 0.6) is 11.5 Å². The Labute approximate surface area is 198 Å². The summed E-state index contributed by atoms with van der Waals surface area (Å²) >= 11 is 3.36. The minimum atomic E-state index is -3.61. The highest BCUT2D eigenvalue weighted by Gasteiger charge is 2.29. The van der Waals surface area contributed by atoms with Gasteiger partial charge in [0.1, 0.15) is 11.5 Å². The van der Waals surface area contributed by atoms with Crippen molar-refractivity contribution < 1.29 is 17.9 Å². The Morgan fingerprint density at radius 3 is 2.34 bits per heavy atom. The van der Waals surface area contributed by atoms with Gasteiger partial charge in [0.25, 0.3) is 10.0 Å². The molecule has 0 amide bonds. The Balaban J connectivity index is 1.37. The zero-order valence-electron chi connectivity index (χ0n) is 17.8. The number of anilines is 1. The Kier molecular flexibility index (Phi) is 7.55. The van der Waals surface area contributed by atoms with Crippen LogP contribution in [0.15, 0.2) is 87.5 Å². The fraction of sp³-hybridized carbons (Fsp3) is 0.250. The molecule has 0 fully saturated rings. The van der Waals surface area contributed by atoms with E-state index in [0.717, 1.165) is 17.1 Å². The summed E-state index contributed by atoms with van der Waals surface area (Å²) in [5.41, 5.74) is 0.674. The topological polar surface area (TPSA) is 55.8 Å². The van der Waals surface area contributed by atoms with Gasteiger partial charge in [-0.15, -0.1) is 23.5 Å². The molecule has 0 saturated heterocycles. The molecule has 5 nitrogen and oxygen atoms in total. The number of ether oxygens (including phenoxy) is 2. The van der Waals surface area contributed by atoms with E-state index in [1.165, 1.54) is 9.20 Å². The molecule has 32 heavy (non-hydrogen) atoms. The van der Waals surface area contributed by atoms with Gasteiger partial charge in [-0.2, -0.15) is 0 Å². The third-order valence-electron chi connectivity index (χ3n) is 4.97. The molecule has 0 atom stereocenters. The van der Waals surface area contributed by atoms with Gasteiger partial charge in [0.2, 0.25) is 0 Å². The summed E-state index contributed by atoms with van der Waals surface area (Å²) in [6.07, 6.45) is 2.77. The largest absolute Gasteiger partial charge is 0.493 e. The summed E-state index contributed by atoms with van der Waals surface area (Å²) in [6.45, 7) is 1.47. The van der Waals surface area contributed by atoms with Gasteiger partial charge >= 0.3 is 0 Å². The molecule has 0 N–H and O–H groups in total. The zero-order chi connectivity index (χ0) is 22.4. The molecule has 3 aromatic rings. The number of sulfonamides is 1. The molecule has 0 bridgehead atoms. The van der Waals surface area contributed by atoms with Crippen LogP contribution in [0.4, 0.5) is 5.69 Å². The third-order valence-corrected chi connectivity index (χ3v) is 8.58. The number of thioether (sulfide) groups is 2. The molecule has 0 saturated carbocycles. The van der Waals surface area contributed by atoms with E-state index in [1.807, 2.05) is 54.8 Å². The molecule has 3 aromatic carbocycles. The van der Waals surface area contributed by atoms with E-state index in [0.29, 0.717) is 41.8 Å². The summed E-state index contributed by atoms with van der Waals surface area (Å²) in [4.78, 5) is 2.45. The number of hydrogen-bond donors (Lipinski definition) is 0. The lowest BCUT2D eigenvalue weighted by molar-refractivity contribution is 0.247. The molecular weight excluding hydrogens is 462 g/mol. The van der Waals surface area contributed by atoms with Gasteiger partial charge in [-0.05, 0) is 54.8 Å². The number of rotatable bonds is 9. The van der Waals surface area contributed by atoms with Crippen LogP contribution < -0.4 is 13.8 Å². The maximum absolute atomic E-state index is 13.2. The van der Waals surface area contributed by atoms with E-state index in [2.05, 4.69) is 0 Å². The van der Waals surface area contributed by atoms with Crippen molar-refractivity contribution in [2.75, 3.05) is 36.1 Å². The smallest absolute Gasteiger partial charge is 0.264 e. The molecule has 1 aliphatic rings. The number of fused-ring (bicyclic) bond motifs is 1. The number of nitrogens with zero attached hydrogens (tertiary/aromatic N) is 1. The maximum Gasteiger partial charge on any atom is 0.264 e. The molecule has 0 unspecified atom stereocenters. The second-order valence-corrected chi connectivity index (χ2v) is 11.0. The highest BCUT2D eigenvalue weighted by Crippen LogP contribution is 2.40. The van der Waals surface area contributed by atoms with Crippen LogP contribution >= 0.6 is 23.5 Å². The minimum Gasteiger partial charge on any atom is -0.493 e. The van der Waals surface area contributed by atoms with Crippen molar-refractivity contribution in [2.45, 2.75) is 21.1 Å². The van der Waals surface area contributed by atoms with Gasteiger partial charge in [0.05, 0.1) is 23.8 Å². The van der Waals surface area contributed by atoms with Crippen molar-refractivity contribution >= 4 is 39.2 Å². The van der Waals surface area contributed by atoms with Crippen LogP contribution in [0.25, 0.3) is 0 Å². The summed E-state index contributed by atoms with van der Waals surface area (Å²) in [5.74, 6) is 2.22. The zero-order valence-corrected chi connectivity index (χ0v) is 20.2. The van der Waals surface area contributed by atoms with Gasteiger partial charge in [-0.3, -0.25) is 4.31 Å². The molecule has 1 aliphatic heterocycles. The molecule has 168 valence electrons. The monoisotopic (exact) mass is 487 g/mol. The second-order valence-electron chi connectivity index (χ2n) is 7.09. The molecule has 0 radical (unpaired) electrons. The average molecular weight is 488 g/mol. The predicted octanol–water partition coefficient (Wildman–Crippen LogP) is 5.56. The summed E-state index contributed by atoms with van der Waals surface area (Å²) in [6, 6.07) is 22.2. The average Bonchev–Trinajstić information content (AvgIpc) is 2.84. The van der Waals surface area contributed by atoms with Crippen molar-refractivity contribution in [1.82, 2.24) is 0 Å². The molecule has 4 rings (SSSR count).